The van der Waals surface area contributed by atoms with Crippen LogP contribution in [0, 0.1) is 0 Å². The molecule has 7 nitrogen and oxygen atoms in total. The minimum atomic E-state index is -3.20. The summed E-state index contributed by atoms with van der Waals surface area (Å²) in [7, 11) is -3.20. The summed E-state index contributed by atoms with van der Waals surface area (Å²) in [6, 6.07) is 14.8. The van der Waals surface area contributed by atoms with Crippen molar-refractivity contribution in [2.45, 2.75) is 25.2 Å². The second-order valence-electron chi connectivity index (χ2n) is 7.57. The van der Waals surface area contributed by atoms with Gasteiger partial charge in [-0.25, -0.2) is 12.7 Å². The highest BCUT2D eigenvalue weighted by Gasteiger charge is 2.30. The SMILES string of the molecule is CS(=O)(=O)N1CCCC(c2nnc3sc(Cc4ccc5ccccc5c4)nn23)C1. The molecule has 0 N–H and O–H groups in total. The maximum absolute atomic E-state index is 11.9. The molecular formula is C20H21N5O2S2. The summed E-state index contributed by atoms with van der Waals surface area (Å²) in [6.07, 6.45) is 3.71. The van der Waals surface area contributed by atoms with E-state index < -0.39 is 10.0 Å². The van der Waals surface area contributed by atoms with Crippen molar-refractivity contribution >= 4 is 37.1 Å². The van der Waals surface area contributed by atoms with Crippen molar-refractivity contribution in [1.82, 2.24) is 24.1 Å². The average Bonchev–Trinajstić information content (AvgIpc) is 3.27. The van der Waals surface area contributed by atoms with Crippen LogP contribution in [0.1, 0.15) is 35.2 Å². The molecule has 1 aliphatic rings. The Hall–Kier alpha value is -2.36. The Morgan fingerprint density at radius 1 is 1.14 bits per heavy atom. The lowest BCUT2D eigenvalue weighted by atomic mass is 9.99. The van der Waals surface area contributed by atoms with E-state index in [0.717, 1.165) is 35.1 Å². The molecule has 0 saturated carbocycles. The summed E-state index contributed by atoms with van der Waals surface area (Å²) in [5.74, 6) is 0.776. The molecule has 0 bridgehead atoms. The number of rotatable bonds is 4. The molecule has 9 heteroatoms. The van der Waals surface area contributed by atoms with E-state index in [4.69, 9.17) is 5.10 Å². The molecule has 1 aliphatic heterocycles. The maximum atomic E-state index is 11.9. The van der Waals surface area contributed by atoms with Gasteiger partial charge in [0.2, 0.25) is 15.0 Å². The summed E-state index contributed by atoms with van der Waals surface area (Å²) in [6.45, 7) is 1.01. The van der Waals surface area contributed by atoms with Gasteiger partial charge in [-0.1, -0.05) is 53.8 Å². The van der Waals surface area contributed by atoms with Crippen LogP contribution < -0.4 is 0 Å². The molecule has 0 spiro atoms. The van der Waals surface area contributed by atoms with E-state index in [-0.39, 0.29) is 5.92 Å². The van der Waals surface area contributed by atoms with Crippen molar-refractivity contribution in [1.29, 1.82) is 0 Å². The number of sulfonamides is 1. The van der Waals surface area contributed by atoms with Gasteiger partial charge in [-0.2, -0.15) is 9.61 Å². The van der Waals surface area contributed by atoms with Gasteiger partial charge in [-0.3, -0.25) is 0 Å². The number of piperidine rings is 1. The molecule has 3 heterocycles. The number of hydrogen-bond acceptors (Lipinski definition) is 6. The topological polar surface area (TPSA) is 80.5 Å². The van der Waals surface area contributed by atoms with E-state index in [0.29, 0.717) is 13.1 Å². The molecule has 0 aliphatic carbocycles. The smallest absolute Gasteiger partial charge is 0.213 e. The number of benzene rings is 2. The highest BCUT2D eigenvalue weighted by Crippen LogP contribution is 2.29. The molecular weight excluding hydrogens is 406 g/mol. The Morgan fingerprint density at radius 2 is 1.97 bits per heavy atom. The molecule has 1 unspecified atom stereocenters. The third kappa shape index (κ3) is 3.65. The Kier molecular flexibility index (Phi) is 4.60. The number of hydrogen-bond donors (Lipinski definition) is 0. The molecule has 4 aromatic rings. The fraction of sp³-hybridized carbons (Fsp3) is 0.350. The maximum Gasteiger partial charge on any atom is 0.234 e. The number of nitrogens with zero attached hydrogens (tertiary/aromatic N) is 5. The quantitative estimate of drug-likeness (QED) is 0.500. The van der Waals surface area contributed by atoms with E-state index in [1.165, 1.54) is 38.2 Å². The van der Waals surface area contributed by atoms with E-state index in [2.05, 4.69) is 40.5 Å². The fourth-order valence-electron chi connectivity index (χ4n) is 3.98. The van der Waals surface area contributed by atoms with E-state index in [1.807, 2.05) is 12.1 Å². The summed E-state index contributed by atoms with van der Waals surface area (Å²) in [5, 5.41) is 16.8. The average molecular weight is 428 g/mol. The molecule has 1 atom stereocenters. The van der Waals surface area contributed by atoms with E-state index >= 15 is 0 Å². The first-order valence-corrected chi connectivity index (χ1v) is 12.3. The lowest BCUT2D eigenvalue weighted by Crippen LogP contribution is -2.38. The van der Waals surface area contributed by atoms with Crippen LogP contribution in [-0.4, -0.2) is 51.9 Å². The predicted molar refractivity (Wildman–Crippen MR) is 114 cm³/mol. The van der Waals surface area contributed by atoms with Crippen molar-refractivity contribution in [2.75, 3.05) is 19.3 Å². The third-order valence-electron chi connectivity index (χ3n) is 5.44. The number of aromatic nitrogens is 4. The van der Waals surface area contributed by atoms with Crippen LogP contribution in [-0.2, 0) is 16.4 Å². The second-order valence-corrected chi connectivity index (χ2v) is 10.6. The van der Waals surface area contributed by atoms with Crippen LogP contribution in [0.25, 0.3) is 15.7 Å². The van der Waals surface area contributed by atoms with Gasteiger partial charge in [-0.05, 0) is 29.2 Å². The summed E-state index contributed by atoms with van der Waals surface area (Å²) in [4.78, 5) is 0.757. The summed E-state index contributed by atoms with van der Waals surface area (Å²) < 4.78 is 27.2. The first-order valence-electron chi connectivity index (χ1n) is 9.61. The van der Waals surface area contributed by atoms with Crippen LogP contribution in [0.15, 0.2) is 42.5 Å². The van der Waals surface area contributed by atoms with E-state index in [9.17, 15) is 8.42 Å². The molecule has 2 aromatic carbocycles. The molecule has 29 heavy (non-hydrogen) atoms. The first-order chi connectivity index (χ1) is 14.0. The second kappa shape index (κ2) is 7.16. The Bertz CT molecular complexity index is 1290. The Balaban J connectivity index is 1.42. The van der Waals surface area contributed by atoms with Crippen molar-refractivity contribution in [3.63, 3.8) is 0 Å². The van der Waals surface area contributed by atoms with Gasteiger partial charge in [0, 0.05) is 25.4 Å². The zero-order chi connectivity index (χ0) is 20.0. The van der Waals surface area contributed by atoms with Crippen LogP contribution in [0.3, 0.4) is 0 Å². The van der Waals surface area contributed by atoms with Gasteiger partial charge in [-0.15, -0.1) is 10.2 Å². The van der Waals surface area contributed by atoms with Crippen molar-refractivity contribution in [2.24, 2.45) is 0 Å². The normalized spacial score (nSPS) is 18.6. The molecule has 1 saturated heterocycles. The Labute approximate surface area is 173 Å². The predicted octanol–water partition coefficient (Wildman–Crippen LogP) is 3.07. The van der Waals surface area contributed by atoms with Gasteiger partial charge in [0.25, 0.3) is 0 Å². The van der Waals surface area contributed by atoms with Crippen molar-refractivity contribution in [3.05, 3.63) is 58.9 Å². The number of fused-ring (bicyclic) bond motifs is 2. The van der Waals surface area contributed by atoms with Gasteiger partial charge in [0.1, 0.15) is 5.01 Å². The van der Waals surface area contributed by atoms with Gasteiger partial charge < -0.3 is 0 Å². The van der Waals surface area contributed by atoms with Gasteiger partial charge in [0.05, 0.1) is 6.26 Å². The molecule has 0 amide bonds. The zero-order valence-corrected chi connectivity index (χ0v) is 17.7. The lowest BCUT2D eigenvalue weighted by molar-refractivity contribution is 0.309. The monoisotopic (exact) mass is 427 g/mol. The minimum absolute atomic E-state index is 0.0177. The summed E-state index contributed by atoms with van der Waals surface area (Å²) in [5.41, 5.74) is 1.20. The first kappa shape index (κ1) is 18.7. The van der Waals surface area contributed by atoms with Gasteiger partial charge in [0.15, 0.2) is 5.82 Å². The lowest BCUT2D eigenvalue weighted by Gasteiger charge is -2.29. The molecule has 1 fully saturated rings. The highest BCUT2D eigenvalue weighted by molar-refractivity contribution is 7.88. The van der Waals surface area contributed by atoms with Crippen LogP contribution >= 0.6 is 11.3 Å². The highest BCUT2D eigenvalue weighted by atomic mass is 32.2. The zero-order valence-electron chi connectivity index (χ0n) is 16.0. The van der Waals surface area contributed by atoms with E-state index in [1.54, 1.807) is 4.52 Å². The molecule has 5 rings (SSSR count). The van der Waals surface area contributed by atoms with Gasteiger partial charge >= 0.3 is 0 Å². The van der Waals surface area contributed by atoms with Crippen molar-refractivity contribution < 1.29 is 8.42 Å². The Morgan fingerprint density at radius 3 is 2.79 bits per heavy atom. The standard InChI is InChI=1S/C20H21N5O2S2/c1-29(26,27)24-10-4-7-17(13-24)19-21-22-20-25(19)23-18(28-20)12-14-8-9-15-5-2-3-6-16(15)11-14/h2-3,5-6,8-9,11,17H,4,7,10,12-13H2,1H3. The molecule has 0 radical (unpaired) electrons. The fourth-order valence-corrected chi connectivity index (χ4v) is 5.76. The minimum Gasteiger partial charge on any atom is -0.213 e. The van der Waals surface area contributed by atoms with Crippen LogP contribution in [0.2, 0.25) is 0 Å². The summed E-state index contributed by atoms with van der Waals surface area (Å²) >= 11 is 1.54. The van der Waals surface area contributed by atoms with Crippen molar-refractivity contribution in [3.8, 4) is 0 Å². The van der Waals surface area contributed by atoms with Crippen LogP contribution in [0.5, 0.6) is 0 Å². The van der Waals surface area contributed by atoms with Crippen LogP contribution in [0.4, 0.5) is 0 Å². The largest absolute Gasteiger partial charge is 0.234 e. The molecule has 150 valence electrons. The molecule has 2 aromatic heterocycles. The third-order valence-corrected chi connectivity index (χ3v) is 7.61.